The van der Waals surface area contributed by atoms with Crippen LogP contribution in [0.2, 0.25) is 0 Å². The second kappa shape index (κ2) is 16.1. The molecule has 0 atom stereocenters. The van der Waals surface area contributed by atoms with Crippen LogP contribution in [0, 0.1) is 5.92 Å². The smallest absolute Gasteiger partial charge is 0.319 e. The fourth-order valence-corrected chi connectivity index (χ4v) is 5.25. The summed E-state index contributed by atoms with van der Waals surface area (Å²) in [6.07, 6.45) is 5.56. The Hall–Kier alpha value is -4.86. The third-order valence-electron chi connectivity index (χ3n) is 7.72. The molecule has 4 rings (SSSR count). The molecule has 0 heterocycles. The number of methoxy groups -OCH3 is 1. The van der Waals surface area contributed by atoms with Crippen molar-refractivity contribution in [2.24, 2.45) is 5.92 Å². The third kappa shape index (κ3) is 9.32. The van der Waals surface area contributed by atoms with Gasteiger partial charge >= 0.3 is 12.0 Å². The molecule has 2 N–H and O–H groups in total. The largest absolute Gasteiger partial charge is 0.482 e. The maximum atomic E-state index is 13.6. The monoisotopic (exact) mass is 600 g/mol. The predicted molar refractivity (Wildman–Crippen MR) is 170 cm³/mol. The number of urea groups is 1. The van der Waals surface area contributed by atoms with Crippen molar-refractivity contribution in [2.45, 2.75) is 38.5 Å². The third-order valence-corrected chi connectivity index (χ3v) is 7.72. The fraction of sp³-hybridized carbons (Fsp3) is 0.353. The second-order valence-corrected chi connectivity index (χ2v) is 10.8. The lowest BCUT2D eigenvalue weighted by atomic mass is 10.0. The quantitative estimate of drug-likeness (QED) is 0.261. The lowest BCUT2D eigenvalue weighted by molar-refractivity contribution is -0.139. The average Bonchev–Trinajstić information content (AvgIpc) is 3.57. The van der Waals surface area contributed by atoms with Crippen molar-refractivity contribution < 1.29 is 28.7 Å². The summed E-state index contributed by atoms with van der Waals surface area (Å²) in [5.74, 6) is 0.0268. The highest BCUT2D eigenvalue weighted by Crippen LogP contribution is 2.32. The topological polar surface area (TPSA) is 117 Å². The van der Waals surface area contributed by atoms with Crippen LogP contribution in [-0.4, -0.2) is 57.7 Å². The molecule has 10 heteroatoms. The van der Waals surface area contributed by atoms with Gasteiger partial charge in [-0.05, 0) is 54.3 Å². The SMILES string of the molecule is COC(=O)Cc1cccc(NC(=O)NCC(=O)N(CCC2CCCC2)c2ccccc2OCC(=O)N(C)c2ccccc2)c1. The Bertz CT molecular complexity index is 1420. The summed E-state index contributed by atoms with van der Waals surface area (Å²) in [7, 11) is 3.01. The number of para-hydroxylation sites is 3. The van der Waals surface area contributed by atoms with E-state index >= 15 is 0 Å². The highest BCUT2D eigenvalue weighted by molar-refractivity contribution is 5.99. The lowest BCUT2D eigenvalue weighted by Gasteiger charge is -2.27. The molecule has 3 aromatic carbocycles. The first-order chi connectivity index (χ1) is 21.3. The van der Waals surface area contributed by atoms with Crippen LogP contribution in [0.25, 0.3) is 0 Å². The summed E-state index contributed by atoms with van der Waals surface area (Å²) in [6.45, 7) is 0.00569. The van der Waals surface area contributed by atoms with E-state index in [4.69, 9.17) is 9.47 Å². The van der Waals surface area contributed by atoms with Crippen molar-refractivity contribution in [3.63, 3.8) is 0 Å². The molecule has 0 radical (unpaired) electrons. The van der Waals surface area contributed by atoms with E-state index in [1.165, 1.54) is 24.9 Å². The van der Waals surface area contributed by atoms with Gasteiger partial charge in [-0.1, -0.05) is 68.1 Å². The van der Waals surface area contributed by atoms with E-state index in [1.54, 1.807) is 54.4 Å². The zero-order chi connectivity index (χ0) is 31.3. The second-order valence-electron chi connectivity index (χ2n) is 10.8. The van der Waals surface area contributed by atoms with E-state index < -0.39 is 6.03 Å². The molecule has 4 amide bonds. The fourth-order valence-electron chi connectivity index (χ4n) is 5.25. The molecule has 44 heavy (non-hydrogen) atoms. The summed E-state index contributed by atoms with van der Waals surface area (Å²) in [4.78, 5) is 54.0. The molecule has 0 saturated heterocycles. The molecule has 0 unspecified atom stereocenters. The number of amides is 4. The number of rotatable bonds is 13. The van der Waals surface area contributed by atoms with Gasteiger partial charge in [0.05, 0.1) is 25.8 Å². The number of hydrogen-bond acceptors (Lipinski definition) is 6. The number of nitrogens with zero attached hydrogens (tertiary/aromatic N) is 2. The van der Waals surface area contributed by atoms with E-state index in [9.17, 15) is 19.2 Å². The number of carbonyl (C=O) groups excluding carboxylic acids is 4. The van der Waals surface area contributed by atoms with Crippen molar-refractivity contribution in [2.75, 3.05) is 49.0 Å². The van der Waals surface area contributed by atoms with E-state index in [2.05, 4.69) is 10.6 Å². The molecule has 232 valence electrons. The van der Waals surface area contributed by atoms with Gasteiger partial charge in [0, 0.05) is 25.0 Å². The minimum atomic E-state index is -0.552. The van der Waals surface area contributed by atoms with Gasteiger partial charge in [0.15, 0.2) is 6.61 Å². The molecule has 0 aromatic heterocycles. The number of hydrogen-bond donors (Lipinski definition) is 2. The molecule has 10 nitrogen and oxygen atoms in total. The normalized spacial score (nSPS) is 12.7. The van der Waals surface area contributed by atoms with Gasteiger partial charge in [-0.2, -0.15) is 0 Å². The van der Waals surface area contributed by atoms with Gasteiger partial charge in [-0.15, -0.1) is 0 Å². The number of ether oxygens (including phenoxy) is 2. The first kappa shape index (κ1) is 32.1. The first-order valence-electron chi connectivity index (χ1n) is 14.9. The number of likely N-dealkylation sites (N-methyl/N-ethyl adjacent to an activating group) is 1. The van der Waals surface area contributed by atoms with Crippen molar-refractivity contribution >= 4 is 40.9 Å². The van der Waals surface area contributed by atoms with Crippen LogP contribution in [0.4, 0.5) is 21.9 Å². The maximum Gasteiger partial charge on any atom is 0.319 e. The minimum absolute atomic E-state index is 0.0811. The zero-order valence-corrected chi connectivity index (χ0v) is 25.3. The number of esters is 1. The minimum Gasteiger partial charge on any atom is -0.482 e. The Morgan fingerprint density at radius 1 is 0.886 bits per heavy atom. The van der Waals surface area contributed by atoms with E-state index in [0.29, 0.717) is 35.2 Å². The molecular weight excluding hydrogens is 560 g/mol. The van der Waals surface area contributed by atoms with E-state index in [-0.39, 0.29) is 37.4 Å². The standard InChI is InChI=1S/C34H40N4O6/c1-37(28-15-4-3-5-16-28)32(40)24-44-30-18-9-8-17-29(30)38(20-19-25-11-6-7-12-25)31(39)23-35-34(42)36-27-14-10-13-26(21-27)22-33(41)43-2/h3-5,8-10,13-18,21,25H,6-7,11-12,19-20,22-24H2,1-2H3,(H2,35,36,42). The van der Waals surface area contributed by atoms with Crippen LogP contribution < -0.4 is 25.2 Å². The number of carbonyl (C=O) groups is 4. The first-order valence-corrected chi connectivity index (χ1v) is 14.9. The molecule has 1 saturated carbocycles. The molecule has 0 spiro atoms. The highest BCUT2D eigenvalue weighted by Gasteiger charge is 2.24. The molecular formula is C34H40N4O6. The average molecular weight is 601 g/mol. The Labute approximate surface area is 258 Å². The highest BCUT2D eigenvalue weighted by atomic mass is 16.5. The Morgan fingerprint density at radius 3 is 2.36 bits per heavy atom. The summed E-state index contributed by atoms with van der Waals surface area (Å²) in [5, 5.41) is 5.36. The van der Waals surface area contributed by atoms with Gasteiger partial charge in [0.1, 0.15) is 5.75 Å². The van der Waals surface area contributed by atoms with E-state index in [0.717, 1.165) is 24.9 Å². The Morgan fingerprint density at radius 2 is 1.61 bits per heavy atom. The molecule has 1 fully saturated rings. The van der Waals surface area contributed by atoms with Gasteiger partial charge in [-0.25, -0.2) is 4.79 Å². The van der Waals surface area contributed by atoms with Crippen molar-refractivity contribution in [1.82, 2.24) is 5.32 Å². The van der Waals surface area contributed by atoms with Crippen LogP contribution in [0.5, 0.6) is 5.75 Å². The van der Waals surface area contributed by atoms with Crippen molar-refractivity contribution in [1.29, 1.82) is 0 Å². The summed E-state index contributed by atoms with van der Waals surface area (Å²) < 4.78 is 10.7. The Kier molecular flexibility index (Phi) is 11.7. The number of anilines is 3. The van der Waals surface area contributed by atoms with Crippen molar-refractivity contribution in [3.8, 4) is 5.75 Å². The summed E-state index contributed by atoms with van der Waals surface area (Å²) >= 11 is 0. The van der Waals surface area contributed by atoms with Crippen LogP contribution in [0.1, 0.15) is 37.7 Å². The lowest BCUT2D eigenvalue weighted by Crippen LogP contribution is -2.42. The van der Waals surface area contributed by atoms with Crippen molar-refractivity contribution in [3.05, 3.63) is 84.4 Å². The summed E-state index contributed by atoms with van der Waals surface area (Å²) in [6, 6.07) is 22.7. The van der Waals surface area contributed by atoms with Gasteiger partial charge < -0.3 is 29.9 Å². The van der Waals surface area contributed by atoms with Crippen LogP contribution in [0.15, 0.2) is 78.9 Å². The zero-order valence-electron chi connectivity index (χ0n) is 25.3. The molecule has 0 bridgehead atoms. The molecule has 1 aliphatic carbocycles. The van der Waals surface area contributed by atoms with E-state index in [1.807, 2.05) is 36.4 Å². The van der Waals surface area contributed by atoms with Crippen LogP contribution >= 0.6 is 0 Å². The molecule has 0 aliphatic heterocycles. The molecule has 1 aliphatic rings. The van der Waals surface area contributed by atoms with Gasteiger partial charge in [-0.3, -0.25) is 14.4 Å². The van der Waals surface area contributed by atoms with Gasteiger partial charge in [0.2, 0.25) is 5.91 Å². The maximum absolute atomic E-state index is 13.6. The number of benzene rings is 3. The van der Waals surface area contributed by atoms with Gasteiger partial charge in [0.25, 0.3) is 5.91 Å². The number of nitrogens with one attached hydrogen (secondary N) is 2. The predicted octanol–water partition coefficient (Wildman–Crippen LogP) is 5.18. The van der Waals surface area contributed by atoms with Crippen LogP contribution in [0.3, 0.4) is 0 Å². The molecule has 3 aromatic rings. The Balaban J connectivity index is 1.42. The van der Waals surface area contributed by atoms with Crippen LogP contribution in [-0.2, 0) is 25.5 Å². The summed E-state index contributed by atoms with van der Waals surface area (Å²) in [5.41, 5.74) is 2.47.